The van der Waals surface area contributed by atoms with Gasteiger partial charge >= 0.3 is 6.03 Å². The fourth-order valence-corrected chi connectivity index (χ4v) is 4.07. The van der Waals surface area contributed by atoms with Crippen LogP contribution in [0.3, 0.4) is 0 Å². The normalized spacial score (nSPS) is 11.3. The number of amides is 1. The number of hydrogen-bond donors (Lipinski definition) is 1. The Morgan fingerprint density at radius 3 is 2.45 bits per heavy atom. The molecule has 0 spiro atoms. The minimum absolute atomic E-state index is 0.0269. The number of nitrogens with one attached hydrogen (secondary N) is 1. The number of carbonyl (C=O) groups excluding carboxylic acids is 1. The molecular formula is C21H16ClN5O3S. The zero-order chi connectivity index (χ0) is 22.0. The van der Waals surface area contributed by atoms with E-state index in [9.17, 15) is 13.2 Å². The number of halogens is 1. The van der Waals surface area contributed by atoms with Gasteiger partial charge in [-0.05, 0) is 31.2 Å². The second-order valence-corrected chi connectivity index (χ2v) is 8.72. The number of nitrogens with zero attached hydrogens (tertiary/aromatic N) is 4. The van der Waals surface area contributed by atoms with Crippen molar-refractivity contribution < 1.29 is 13.2 Å². The molecule has 0 fully saturated rings. The van der Waals surface area contributed by atoms with Crippen molar-refractivity contribution in [2.45, 2.75) is 11.8 Å². The molecule has 2 aromatic carbocycles. The molecule has 0 radical (unpaired) electrons. The fourth-order valence-electron chi connectivity index (χ4n) is 2.91. The van der Waals surface area contributed by atoms with Crippen molar-refractivity contribution in [2.24, 2.45) is 0 Å². The summed E-state index contributed by atoms with van der Waals surface area (Å²) in [7, 11) is -4.08. The van der Waals surface area contributed by atoms with Gasteiger partial charge in [0.15, 0.2) is 0 Å². The molecule has 2 aromatic heterocycles. The zero-order valence-electron chi connectivity index (χ0n) is 16.2. The third kappa shape index (κ3) is 4.32. The van der Waals surface area contributed by atoms with Gasteiger partial charge in [-0.1, -0.05) is 47.5 Å². The standard InChI is InChI=1S/C21H16ClN5O3S/c1-14-6-8-15(9-7-14)31(29,30)26-21(28)27-12-17(19-10-11-23-13-24-19)20(25-27)16-4-2-3-5-18(16)22/h2-13H,1H3,(H,26,28). The van der Waals surface area contributed by atoms with E-state index in [1.54, 1.807) is 48.7 Å². The van der Waals surface area contributed by atoms with E-state index in [1.807, 2.05) is 11.6 Å². The maximum atomic E-state index is 12.8. The lowest BCUT2D eigenvalue weighted by Gasteiger charge is -2.07. The molecule has 0 aliphatic rings. The highest BCUT2D eigenvalue weighted by Gasteiger charge is 2.23. The summed E-state index contributed by atoms with van der Waals surface area (Å²) in [6.45, 7) is 1.84. The molecule has 2 heterocycles. The first kappa shape index (κ1) is 20.7. The monoisotopic (exact) mass is 453 g/mol. The Hall–Kier alpha value is -3.56. The van der Waals surface area contributed by atoms with E-state index < -0.39 is 16.1 Å². The lowest BCUT2D eigenvalue weighted by molar-refractivity contribution is 0.244. The molecule has 1 N–H and O–H groups in total. The summed E-state index contributed by atoms with van der Waals surface area (Å²) in [5.74, 6) is 0. The molecule has 0 aliphatic carbocycles. The Kier molecular flexibility index (Phi) is 5.53. The first-order valence-electron chi connectivity index (χ1n) is 9.10. The first-order valence-corrected chi connectivity index (χ1v) is 11.0. The van der Waals surface area contributed by atoms with E-state index in [0.717, 1.165) is 10.2 Å². The lowest BCUT2D eigenvalue weighted by Crippen LogP contribution is -2.34. The van der Waals surface area contributed by atoms with Gasteiger partial charge in [0, 0.05) is 23.5 Å². The summed E-state index contributed by atoms with van der Waals surface area (Å²) < 4.78 is 28.1. The molecule has 10 heteroatoms. The predicted molar refractivity (Wildman–Crippen MR) is 116 cm³/mol. The summed E-state index contributed by atoms with van der Waals surface area (Å²) in [5, 5.41) is 4.73. The maximum Gasteiger partial charge on any atom is 0.355 e. The number of rotatable bonds is 4. The van der Waals surface area contributed by atoms with Gasteiger partial charge in [-0.2, -0.15) is 9.78 Å². The predicted octanol–water partition coefficient (Wildman–Crippen LogP) is 3.92. The Morgan fingerprint density at radius 1 is 1.03 bits per heavy atom. The zero-order valence-corrected chi connectivity index (χ0v) is 17.8. The van der Waals surface area contributed by atoms with Crippen molar-refractivity contribution in [3.63, 3.8) is 0 Å². The molecule has 1 amide bonds. The highest BCUT2D eigenvalue weighted by atomic mass is 35.5. The van der Waals surface area contributed by atoms with Crippen LogP contribution in [-0.4, -0.2) is 34.2 Å². The van der Waals surface area contributed by atoms with E-state index in [4.69, 9.17) is 11.6 Å². The summed E-state index contributed by atoms with van der Waals surface area (Å²) in [5.41, 5.74) is 2.86. The van der Waals surface area contributed by atoms with Gasteiger partial charge in [-0.15, -0.1) is 0 Å². The molecule has 8 nitrogen and oxygen atoms in total. The van der Waals surface area contributed by atoms with Crippen molar-refractivity contribution in [1.29, 1.82) is 0 Å². The van der Waals surface area contributed by atoms with Crippen LogP contribution >= 0.6 is 11.6 Å². The number of hydrogen-bond acceptors (Lipinski definition) is 6. The number of carbonyl (C=O) groups is 1. The highest BCUT2D eigenvalue weighted by Crippen LogP contribution is 2.33. The summed E-state index contributed by atoms with van der Waals surface area (Å²) >= 11 is 6.33. The molecule has 156 valence electrons. The van der Waals surface area contributed by atoms with Crippen LogP contribution in [0.5, 0.6) is 0 Å². The van der Waals surface area contributed by atoms with Crippen LogP contribution in [0.15, 0.2) is 78.2 Å². The Balaban J connectivity index is 1.74. The summed E-state index contributed by atoms with van der Waals surface area (Å²) in [4.78, 5) is 20.8. The van der Waals surface area contributed by atoms with Gasteiger partial charge in [0.25, 0.3) is 10.0 Å². The van der Waals surface area contributed by atoms with Crippen LogP contribution in [-0.2, 0) is 10.0 Å². The second-order valence-electron chi connectivity index (χ2n) is 6.63. The topological polar surface area (TPSA) is 107 Å². The molecule has 0 saturated heterocycles. The number of benzene rings is 2. The molecule has 4 aromatic rings. The maximum absolute atomic E-state index is 12.8. The van der Waals surface area contributed by atoms with Crippen molar-refractivity contribution in [3.8, 4) is 22.5 Å². The Bertz CT molecular complexity index is 1350. The molecule has 31 heavy (non-hydrogen) atoms. The minimum atomic E-state index is -4.08. The van der Waals surface area contributed by atoms with Crippen LogP contribution in [0.4, 0.5) is 4.79 Å². The van der Waals surface area contributed by atoms with Gasteiger partial charge in [-0.25, -0.2) is 27.9 Å². The fraction of sp³-hybridized carbons (Fsp3) is 0.0476. The molecule has 0 saturated carbocycles. The Morgan fingerprint density at radius 2 is 1.77 bits per heavy atom. The minimum Gasteiger partial charge on any atom is -0.245 e. The first-order chi connectivity index (χ1) is 14.8. The van der Waals surface area contributed by atoms with Crippen molar-refractivity contribution in [3.05, 3.63) is 83.9 Å². The SMILES string of the molecule is Cc1ccc(S(=O)(=O)NC(=O)n2cc(-c3ccncn3)c(-c3ccccc3Cl)n2)cc1. The molecule has 0 atom stereocenters. The van der Waals surface area contributed by atoms with Gasteiger partial charge < -0.3 is 0 Å². The van der Waals surface area contributed by atoms with E-state index in [-0.39, 0.29) is 4.90 Å². The summed E-state index contributed by atoms with van der Waals surface area (Å²) in [6.07, 6.45) is 4.32. The van der Waals surface area contributed by atoms with Gasteiger partial charge in [0.05, 0.1) is 15.6 Å². The summed E-state index contributed by atoms with van der Waals surface area (Å²) in [6, 6.07) is 13.9. The second kappa shape index (κ2) is 8.29. The van der Waals surface area contributed by atoms with Gasteiger partial charge in [0.2, 0.25) is 0 Å². The molecular weight excluding hydrogens is 438 g/mol. The largest absolute Gasteiger partial charge is 0.355 e. The van der Waals surface area contributed by atoms with Crippen molar-refractivity contribution in [2.75, 3.05) is 0 Å². The van der Waals surface area contributed by atoms with Crippen LogP contribution in [0.25, 0.3) is 22.5 Å². The molecule has 0 bridgehead atoms. The number of aryl methyl sites for hydroxylation is 1. The quantitative estimate of drug-likeness (QED) is 0.502. The third-order valence-corrected chi connectivity index (χ3v) is 6.13. The van der Waals surface area contributed by atoms with E-state index in [0.29, 0.717) is 27.5 Å². The number of sulfonamides is 1. The Labute approximate surface area is 183 Å². The smallest absolute Gasteiger partial charge is 0.245 e. The van der Waals surface area contributed by atoms with E-state index in [1.165, 1.54) is 24.7 Å². The van der Waals surface area contributed by atoms with E-state index in [2.05, 4.69) is 15.1 Å². The highest BCUT2D eigenvalue weighted by molar-refractivity contribution is 7.90. The van der Waals surface area contributed by atoms with Crippen LogP contribution in [0, 0.1) is 6.92 Å². The molecule has 4 rings (SSSR count). The lowest BCUT2D eigenvalue weighted by atomic mass is 10.1. The molecule has 0 aliphatic heterocycles. The van der Waals surface area contributed by atoms with Crippen molar-refractivity contribution in [1.82, 2.24) is 24.5 Å². The van der Waals surface area contributed by atoms with Crippen molar-refractivity contribution >= 4 is 27.7 Å². The van der Waals surface area contributed by atoms with Crippen LogP contribution in [0.1, 0.15) is 5.56 Å². The van der Waals surface area contributed by atoms with Gasteiger partial charge in [-0.3, -0.25) is 0 Å². The molecule has 0 unspecified atom stereocenters. The van der Waals surface area contributed by atoms with Gasteiger partial charge in [0.1, 0.15) is 12.0 Å². The average molecular weight is 454 g/mol. The van der Waals surface area contributed by atoms with Crippen LogP contribution < -0.4 is 4.72 Å². The van der Waals surface area contributed by atoms with E-state index >= 15 is 0 Å². The van der Waals surface area contributed by atoms with Crippen LogP contribution in [0.2, 0.25) is 5.02 Å². The third-order valence-electron chi connectivity index (χ3n) is 4.46. The number of aromatic nitrogens is 4. The average Bonchev–Trinajstić information content (AvgIpc) is 3.20.